The Morgan fingerprint density at radius 2 is 1.86 bits per heavy atom. The highest BCUT2D eigenvalue weighted by Gasteiger charge is 2.10. The molecule has 0 amide bonds. The number of aromatic nitrogens is 2. The second kappa shape index (κ2) is 6.26. The number of aryl methyl sites for hydroxylation is 2. The predicted octanol–water partition coefficient (Wildman–Crippen LogP) is 3.09. The first-order valence-corrected chi connectivity index (χ1v) is 6.38. The maximum atomic E-state index is 13.1. The summed E-state index contributed by atoms with van der Waals surface area (Å²) in [4.78, 5) is 19.9. The minimum Gasteiger partial charge on any atom is -0.466 e. The Morgan fingerprint density at radius 1 is 1.19 bits per heavy atom. The summed E-state index contributed by atoms with van der Waals surface area (Å²) in [6.45, 7) is 3.62. The fourth-order valence-electron chi connectivity index (χ4n) is 1.97. The molecule has 5 heteroatoms. The number of rotatable bonds is 3. The highest BCUT2D eigenvalue weighted by atomic mass is 19.1. The third-order valence-electron chi connectivity index (χ3n) is 2.95. The van der Waals surface area contributed by atoms with Gasteiger partial charge in [0.15, 0.2) is 0 Å². The van der Waals surface area contributed by atoms with E-state index in [1.165, 1.54) is 25.3 Å². The summed E-state index contributed by atoms with van der Waals surface area (Å²) in [5.74, 6) is -0.157. The molecule has 0 unspecified atom stereocenters. The fraction of sp³-hybridized carbons (Fsp3) is 0.188. The largest absolute Gasteiger partial charge is 0.466 e. The van der Waals surface area contributed by atoms with E-state index in [2.05, 4.69) is 14.7 Å². The number of hydrogen-bond acceptors (Lipinski definition) is 4. The third kappa shape index (κ3) is 3.51. The first-order valence-electron chi connectivity index (χ1n) is 6.38. The smallest absolute Gasteiger partial charge is 0.330 e. The Balaban J connectivity index is 2.55. The summed E-state index contributed by atoms with van der Waals surface area (Å²) in [6.07, 6.45) is 2.92. The van der Waals surface area contributed by atoms with Crippen LogP contribution in [0.3, 0.4) is 0 Å². The van der Waals surface area contributed by atoms with Crippen LogP contribution in [0.4, 0.5) is 4.39 Å². The van der Waals surface area contributed by atoms with Gasteiger partial charge in [-0.15, -0.1) is 0 Å². The van der Waals surface area contributed by atoms with Gasteiger partial charge >= 0.3 is 5.97 Å². The van der Waals surface area contributed by atoms with Gasteiger partial charge in [0.2, 0.25) is 0 Å². The molecule has 2 rings (SSSR count). The Morgan fingerprint density at radius 3 is 2.48 bits per heavy atom. The number of carbonyl (C=O) groups excluding carboxylic acids is 1. The summed E-state index contributed by atoms with van der Waals surface area (Å²) in [5.41, 5.74) is 2.86. The summed E-state index contributed by atoms with van der Waals surface area (Å²) in [7, 11) is 1.31. The second-order valence-electron chi connectivity index (χ2n) is 4.48. The number of halogens is 1. The number of esters is 1. The lowest BCUT2D eigenvalue weighted by atomic mass is 10.0. The molecule has 108 valence electrons. The first kappa shape index (κ1) is 14.8. The van der Waals surface area contributed by atoms with Crippen molar-refractivity contribution in [1.82, 2.24) is 9.97 Å². The Kier molecular flexibility index (Phi) is 4.42. The van der Waals surface area contributed by atoms with Gasteiger partial charge in [0.05, 0.1) is 12.8 Å². The molecule has 0 atom stereocenters. The second-order valence-corrected chi connectivity index (χ2v) is 4.48. The summed E-state index contributed by atoms with van der Waals surface area (Å²) in [6, 6.07) is 6.03. The molecule has 0 aliphatic rings. The van der Waals surface area contributed by atoms with Crippen molar-refractivity contribution < 1.29 is 13.9 Å². The molecule has 0 saturated carbocycles. The van der Waals surface area contributed by atoms with Crippen molar-refractivity contribution in [3.63, 3.8) is 0 Å². The predicted molar refractivity (Wildman–Crippen MR) is 78.0 cm³/mol. The van der Waals surface area contributed by atoms with Crippen LogP contribution >= 0.6 is 0 Å². The molecule has 2 aromatic rings. The first-order chi connectivity index (χ1) is 10.0. The van der Waals surface area contributed by atoms with E-state index < -0.39 is 5.97 Å². The van der Waals surface area contributed by atoms with E-state index >= 15 is 0 Å². The highest BCUT2D eigenvalue weighted by molar-refractivity contribution is 5.89. The van der Waals surface area contributed by atoms with Crippen LogP contribution in [0.15, 0.2) is 30.3 Å². The van der Waals surface area contributed by atoms with Crippen LogP contribution in [-0.2, 0) is 9.53 Å². The lowest BCUT2D eigenvalue weighted by molar-refractivity contribution is -0.134. The summed E-state index contributed by atoms with van der Waals surface area (Å²) >= 11 is 0. The van der Waals surface area contributed by atoms with Crippen molar-refractivity contribution in [2.75, 3.05) is 7.11 Å². The van der Waals surface area contributed by atoms with Gasteiger partial charge in [0, 0.05) is 22.9 Å². The van der Waals surface area contributed by atoms with Crippen molar-refractivity contribution in [2.24, 2.45) is 0 Å². The van der Waals surface area contributed by atoms with Gasteiger partial charge in [-0.25, -0.2) is 19.2 Å². The molecule has 0 spiro atoms. The van der Waals surface area contributed by atoms with Crippen molar-refractivity contribution >= 4 is 12.0 Å². The molecule has 4 nitrogen and oxygen atoms in total. The maximum Gasteiger partial charge on any atom is 0.330 e. The number of ether oxygens (including phenoxy) is 1. The van der Waals surface area contributed by atoms with E-state index in [0.717, 1.165) is 11.3 Å². The van der Waals surface area contributed by atoms with Crippen LogP contribution in [0.1, 0.15) is 17.1 Å². The van der Waals surface area contributed by atoms with Crippen LogP contribution in [0.2, 0.25) is 0 Å². The van der Waals surface area contributed by atoms with Crippen molar-refractivity contribution in [3.8, 4) is 11.3 Å². The lowest BCUT2D eigenvalue weighted by Crippen LogP contribution is -2.00. The van der Waals surface area contributed by atoms with Crippen LogP contribution in [0.5, 0.6) is 0 Å². The zero-order valence-electron chi connectivity index (χ0n) is 12.1. The number of carbonyl (C=O) groups is 1. The maximum absolute atomic E-state index is 13.1. The van der Waals surface area contributed by atoms with E-state index in [1.54, 1.807) is 25.1 Å². The molecule has 0 bridgehead atoms. The standard InChI is InChI=1S/C16H15FN2O2/c1-10-14(8-9-15(20)21-3)16(19-11(2)18-10)12-4-6-13(17)7-5-12/h4-9H,1-3H3/b9-8+. The molecule has 0 saturated heterocycles. The summed E-state index contributed by atoms with van der Waals surface area (Å²) < 4.78 is 17.6. The van der Waals surface area contributed by atoms with E-state index in [1.807, 2.05) is 6.92 Å². The highest BCUT2D eigenvalue weighted by Crippen LogP contribution is 2.25. The van der Waals surface area contributed by atoms with E-state index in [9.17, 15) is 9.18 Å². The molecule has 1 aromatic heterocycles. The molecular formula is C16H15FN2O2. The van der Waals surface area contributed by atoms with Gasteiger partial charge in [0.1, 0.15) is 11.6 Å². The van der Waals surface area contributed by atoms with Gasteiger partial charge in [0.25, 0.3) is 0 Å². The van der Waals surface area contributed by atoms with Gasteiger partial charge in [-0.3, -0.25) is 0 Å². The zero-order chi connectivity index (χ0) is 15.4. The molecule has 1 aromatic carbocycles. The Hall–Kier alpha value is -2.56. The van der Waals surface area contributed by atoms with Crippen molar-refractivity contribution in [3.05, 3.63) is 53.2 Å². The quantitative estimate of drug-likeness (QED) is 0.642. The van der Waals surface area contributed by atoms with Crippen molar-refractivity contribution in [2.45, 2.75) is 13.8 Å². The van der Waals surface area contributed by atoms with Crippen molar-refractivity contribution in [1.29, 1.82) is 0 Å². The van der Waals surface area contributed by atoms with Crippen LogP contribution in [-0.4, -0.2) is 23.0 Å². The molecule has 0 aliphatic carbocycles. The van der Waals surface area contributed by atoms with Crippen LogP contribution in [0, 0.1) is 19.7 Å². The molecule has 0 radical (unpaired) electrons. The van der Waals surface area contributed by atoms with Gasteiger partial charge < -0.3 is 4.74 Å². The van der Waals surface area contributed by atoms with Gasteiger partial charge in [-0.1, -0.05) is 0 Å². The minimum absolute atomic E-state index is 0.312. The van der Waals surface area contributed by atoms with Gasteiger partial charge in [-0.05, 0) is 44.2 Å². The molecule has 21 heavy (non-hydrogen) atoms. The third-order valence-corrected chi connectivity index (χ3v) is 2.95. The van der Waals surface area contributed by atoms with Crippen LogP contribution in [0.25, 0.3) is 17.3 Å². The Bertz CT molecular complexity index is 694. The van der Waals surface area contributed by atoms with Crippen LogP contribution < -0.4 is 0 Å². The summed E-state index contributed by atoms with van der Waals surface area (Å²) in [5, 5.41) is 0. The molecule has 1 heterocycles. The van der Waals surface area contributed by atoms with E-state index in [4.69, 9.17) is 0 Å². The number of benzene rings is 1. The van der Waals surface area contributed by atoms with E-state index in [-0.39, 0.29) is 5.82 Å². The fourth-order valence-corrected chi connectivity index (χ4v) is 1.97. The molecule has 0 aliphatic heterocycles. The molecule has 0 N–H and O–H groups in total. The average Bonchev–Trinajstić information content (AvgIpc) is 2.46. The molecule has 0 fully saturated rings. The monoisotopic (exact) mass is 286 g/mol. The molecular weight excluding hydrogens is 271 g/mol. The van der Waals surface area contributed by atoms with Gasteiger partial charge in [-0.2, -0.15) is 0 Å². The topological polar surface area (TPSA) is 52.1 Å². The number of hydrogen-bond donors (Lipinski definition) is 0. The number of nitrogens with zero attached hydrogens (tertiary/aromatic N) is 2. The number of methoxy groups -OCH3 is 1. The SMILES string of the molecule is COC(=O)/C=C/c1c(C)nc(C)nc1-c1ccc(F)cc1. The minimum atomic E-state index is -0.458. The Labute approximate surface area is 122 Å². The normalized spacial score (nSPS) is 10.9. The average molecular weight is 286 g/mol. The van der Waals surface area contributed by atoms with E-state index in [0.29, 0.717) is 17.1 Å². The zero-order valence-corrected chi connectivity index (χ0v) is 12.1. The lowest BCUT2D eigenvalue weighted by Gasteiger charge is -2.09.